The summed E-state index contributed by atoms with van der Waals surface area (Å²) < 4.78 is 6.46. The van der Waals surface area contributed by atoms with Crippen molar-refractivity contribution in [1.82, 2.24) is 0 Å². The third-order valence-corrected chi connectivity index (χ3v) is 24.4. The minimum absolute atomic E-state index is 0.485. The second-order valence-corrected chi connectivity index (χ2v) is 28.0. The number of anilines is 4. The van der Waals surface area contributed by atoms with Crippen molar-refractivity contribution in [3.05, 3.63) is 180 Å². The molecule has 17 rings (SSSR count). The lowest BCUT2D eigenvalue weighted by Crippen LogP contribution is -2.44. The predicted molar refractivity (Wildman–Crippen MR) is 337 cm³/mol. The molecule has 412 valence electrons. The number of benzene rings is 6. The monoisotopic (exact) mass is 1060 g/mol. The van der Waals surface area contributed by atoms with E-state index in [1.807, 2.05) is 5.57 Å². The summed E-state index contributed by atoms with van der Waals surface area (Å²) in [6, 6.07) is 50.6. The highest BCUT2D eigenvalue weighted by Crippen LogP contribution is 2.60. The highest BCUT2D eigenvalue weighted by atomic mass is 16.3. The SMILES string of the molecule is C1=CC2CC3CC(C4CCC5C(C4)c4cc(-c6ccc7c(c6)oc6ccccc67)ccc4N5c4ccc(-c5ccc(N(c6ccccc6)C6CCC(C7C8CCCC=C8CC8C=CCCC87)CC6)c6c5CCC6)cc4)CCC3C2CC1. The number of allylic oxidation sites excluding steroid dienone is 6. The largest absolute Gasteiger partial charge is 0.456 e. The van der Waals surface area contributed by atoms with Crippen LogP contribution in [0, 0.1) is 65.1 Å². The molecule has 10 aliphatic rings. The number of rotatable bonds is 8. The van der Waals surface area contributed by atoms with Gasteiger partial charge in [0.2, 0.25) is 0 Å². The van der Waals surface area contributed by atoms with Gasteiger partial charge in [0.1, 0.15) is 11.2 Å². The second kappa shape index (κ2) is 20.4. The van der Waals surface area contributed by atoms with Crippen LogP contribution in [0.4, 0.5) is 22.7 Å². The van der Waals surface area contributed by atoms with Crippen LogP contribution in [-0.4, -0.2) is 12.1 Å². The molecule has 2 heterocycles. The van der Waals surface area contributed by atoms with E-state index in [9.17, 15) is 0 Å². The molecule has 0 saturated heterocycles. The van der Waals surface area contributed by atoms with Crippen molar-refractivity contribution < 1.29 is 4.42 Å². The van der Waals surface area contributed by atoms with Crippen LogP contribution in [0.2, 0.25) is 0 Å². The molecule has 6 aromatic carbocycles. The van der Waals surface area contributed by atoms with E-state index in [0.29, 0.717) is 18.0 Å². The maximum absolute atomic E-state index is 6.46. The third kappa shape index (κ3) is 8.44. The molecular formula is C78H84N2O. The van der Waals surface area contributed by atoms with Gasteiger partial charge < -0.3 is 14.2 Å². The van der Waals surface area contributed by atoms with Crippen molar-refractivity contribution in [3.8, 4) is 22.3 Å². The Morgan fingerprint density at radius 1 is 0.494 bits per heavy atom. The molecule has 1 aliphatic heterocycles. The van der Waals surface area contributed by atoms with Crippen molar-refractivity contribution in [3.63, 3.8) is 0 Å². The van der Waals surface area contributed by atoms with Crippen molar-refractivity contribution in [2.45, 2.75) is 159 Å². The van der Waals surface area contributed by atoms with Crippen LogP contribution in [-0.2, 0) is 12.8 Å². The van der Waals surface area contributed by atoms with Crippen molar-refractivity contribution in [1.29, 1.82) is 0 Å². The summed E-state index contributed by atoms with van der Waals surface area (Å²) in [7, 11) is 0. The average molecular weight is 1070 g/mol. The van der Waals surface area contributed by atoms with Gasteiger partial charge in [0.25, 0.3) is 0 Å². The number of para-hydroxylation sites is 2. The topological polar surface area (TPSA) is 19.6 Å². The van der Waals surface area contributed by atoms with E-state index in [0.717, 1.165) is 76.3 Å². The zero-order valence-electron chi connectivity index (χ0n) is 48.0. The van der Waals surface area contributed by atoms with Gasteiger partial charge in [-0.05, 0) is 306 Å². The molecule has 0 bridgehead atoms. The highest BCUT2D eigenvalue weighted by Gasteiger charge is 2.50. The van der Waals surface area contributed by atoms with Crippen LogP contribution in [0.5, 0.6) is 0 Å². The Morgan fingerprint density at radius 3 is 2.15 bits per heavy atom. The maximum atomic E-state index is 6.46. The van der Waals surface area contributed by atoms with Gasteiger partial charge in [0.15, 0.2) is 0 Å². The summed E-state index contributed by atoms with van der Waals surface area (Å²) in [5.41, 5.74) is 19.7. The van der Waals surface area contributed by atoms with Crippen molar-refractivity contribution in [2.24, 2.45) is 65.1 Å². The maximum Gasteiger partial charge on any atom is 0.136 e. The summed E-state index contributed by atoms with van der Waals surface area (Å²) in [6.07, 6.45) is 42.8. The Hall–Kier alpha value is -6.06. The molecule has 3 heteroatoms. The minimum atomic E-state index is 0.485. The van der Waals surface area contributed by atoms with Gasteiger partial charge >= 0.3 is 0 Å². The zero-order chi connectivity index (χ0) is 53.1. The van der Waals surface area contributed by atoms with E-state index in [4.69, 9.17) is 4.42 Å². The summed E-state index contributed by atoms with van der Waals surface area (Å²) in [5.74, 6) is 10.3. The lowest BCUT2D eigenvalue weighted by Gasteiger charge is -2.51. The number of furan rings is 1. The first-order chi connectivity index (χ1) is 40.1. The van der Waals surface area contributed by atoms with Crippen LogP contribution >= 0.6 is 0 Å². The minimum Gasteiger partial charge on any atom is -0.456 e. The fraction of sp³-hybridized carbons (Fsp3) is 0.462. The molecule has 0 spiro atoms. The van der Waals surface area contributed by atoms with Gasteiger partial charge in [0, 0.05) is 51.5 Å². The molecular weight excluding hydrogens is 981 g/mol. The van der Waals surface area contributed by atoms with E-state index in [1.165, 1.54) is 197 Å². The zero-order valence-corrected chi connectivity index (χ0v) is 48.0. The molecule has 7 aromatic rings. The molecule has 5 fully saturated rings. The Labute approximate surface area is 483 Å². The smallest absolute Gasteiger partial charge is 0.136 e. The summed E-state index contributed by atoms with van der Waals surface area (Å²) >= 11 is 0. The van der Waals surface area contributed by atoms with Crippen LogP contribution in [0.3, 0.4) is 0 Å². The van der Waals surface area contributed by atoms with Gasteiger partial charge in [-0.15, -0.1) is 0 Å². The molecule has 5 saturated carbocycles. The van der Waals surface area contributed by atoms with Crippen LogP contribution < -0.4 is 9.80 Å². The fourth-order valence-electron chi connectivity index (χ4n) is 20.9. The summed E-state index contributed by atoms with van der Waals surface area (Å²) in [5, 5.41) is 2.40. The quantitative estimate of drug-likeness (QED) is 0.141. The fourth-order valence-corrected chi connectivity index (χ4v) is 20.9. The number of hydrogen-bond donors (Lipinski definition) is 0. The lowest BCUT2D eigenvalue weighted by molar-refractivity contribution is 0.0561. The predicted octanol–water partition coefficient (Wildman–Crippen LogP) is 20.9. The van der Waals surface area contributed by atoms with E-state index in [-0.39, 0.29) is 0 Å². The first kappa shape index (κ1) is 49.5. The number of hydrogen-bond acceptors (Lipinski definition) is 3. The van der Waals surface area contributed by atoms with Crippen LogP contribution in [0.15, 0.2) is 168 Å². The average Bonchev–Trinajstić information content (AvgIpc) is 4.35. The molecule has 0 amide bonds. The van der Waals surface area contributed by atoms with E-state index < -0.39 is 0 Å². The Kier molecular flexibility index (Phi) is 12.5. The number of fused-ring (bicyclic) bond motifs is 12. The van der Waals surface area contributed by atoms with Crippen molar-refractivity contribution >= 4 is 44.7 Å². The van der Waals surface area contributed by atoms with Gasteiger partial charge in [-0.1, -0.05) is 103 Å². The van der Waals surface area contributed by atoms with Gasteiger partial charge in [-0.3, -0.25) is 0 Å². The normalized spacial score (nSPS) is 32.8. The van der Waals surface area contributed by atoms with Crippen LogP contribution in [0.25, 0.3) is 44.2 Å². The summed E-state index contributed by atoms with van der Waals surface area (Å²) in [4.78, 5) is 5.65. The van der Waals surface area contributed by atoms with Gasteiger partial charge in [0.05, 0.1) is 0 Å². The highest BCUT2D eigenvalue weighted by molar-refractivity contribution is 6.06. The molecule has 1 aromatic heterocycles. The van der Waals surface area contributed by atoms with E-state index in [1.54, 1.807) is 16.7 Å². The Morgan fingerprint density at radius 2 is 1.25 bits per heavy atom. The Bertz CT molecular complexity index is 3590. The van der Waals surface area contributed by atoms with Crippen LogP contribution in [0.1, 0.15) is 151 Å². The van der Waals surface area contributed by atoms with E-state index in [2.05, 4.69) is 168 Å². The first-order valence-corrected chi connectivity index (χ1v) is 33.1. The van der Waals surface area contributed by atoms with Crippen molar-refractivity contribution in [2.75, 3.05) is 9.80 Å². The van der Waals surface area contributed by atoms with E-state index >= 15 is 0 Å². The van der Waals surface area contributed by atoms with Gasteiger partial charge in [-0.2, -0.15) is 0 Å². The third-order valence-electron chi connectivity index (χ3n) is 24.4. The van der Waals surface area contributed by atoms with Gasteiger partial charge in [-0.25, -0.2) is 0 Å². The molecule has 12 unspecified atom stereocenters. The summed E-state index contributed by atoms with van der Waals surface area (Å²) in [6.45, 7) is 0. The lowest BCUT2D eigenvalue weighted by atomic mass is 9.54. The molecule has 3 nitrogen and oxygen atoms in total. The first-order valence-electron chi connectivity index (χ1n) is 33.1. The second-order valence-electron chi connectivity index (χ2n) is 28.0. The molecule has 0 N–H and O–H groups in total. The molecule has 9 aliphatic carbocycles. The standard InChI is InChI=1S/C78H84N2O/c1-2-16-59(17-3-1)79(60-35-27-50(28-36-60)78-65-19-8-5-14-56(65)44-57-15-6-9-20-66(57)78)73-42-39-63(67-22-12-23-68(67)73)49-25-33-61(34-26-49)80-74-40-31-52(51-29-37-64-58(43-51)45-55-13-4-7-18-62(55)64)46-71(74)72-47-53(32-41-75(72)80)54-30-38-70-69-21-10-11-24-76(69)81-77(70)48-54/h1-5,10-11,13-17,21,24-26,30,32-34,38-39,41-42,47-48,50-52,55-56,58,60,62,64-66,71,74,78H,6-9,12,18-20,22-23,27-29,31,35-37,40,43-46H2. The molecule has 81 heavy (non-hydrogen) atoms. The Balaban J connectivity index is 0.663. The number of nitrogens with zero attached hydrogens (tertiary/aromatic N) is 2. The molecule has 0 radical (unpaired) electrons. The molecule has 12 atom stereocenters.